The first kappa shape index (κ1) is 19.0. The molecule has 5 rings (SSSR count). The SMILES string of the molecule is COc1cccc(CNC(=O)[C@@H]2[C@@H]3CC[C@@]4(CC(=O)c5ccccc5O4)[C@H]32)c1OC. The van der Waals surface area contributed by atoms with E-state index in [9.17, 15) is 9.59 Å². The van der Waals surface area contributed by atoms with Gasteiger partial charge in [0.05, 0.1) is 26.2 Å². The van der Waals surface area contributed by atoms with Crippen LogP contribution in [0.5, 0.6) is 17.2 Å². The first-order valence-corrected chi connectivity index (χ1v) is 10.4. The van der Waals surface area contributed by atoms with Crippen LogP contribution in [0.25, 0.3) is 0 Å². The number of hydrogen-bond acceptors (Lipinski definition) is 5. The van der Waals surface area contributed by atoms with Crippen molar-refractivity contribution in [3.05, 3.63) is 53.6 Å². The molecule has 0 unspecified atom stereocenters. The molecule has 1 amide bonds. The Morgan fingerprint density at radius 2 is 2.00 bits per heavy atom. The van der Waals surface area contributed by atoms with Crippen molar-refractivity contribution in [3.63, 3.8) is 0 Å². The molecule has 156 valence electrons. The molecule has 0 saturated heterocycles. The van der Waals surface area contributed by atoms with Crippen LogP contribution >= 0.6 is 0 Å². The largest absolute Gasteiger partial charge is 0.493 e. The smallest absolute Gasteiger partial charge is 0.224 e. The van der Waals surface area contributed by atoms with Crippen LogP contribution in [-0.2, 0) is 11.3 Å². The van der Waals surface area contributed by atoms with Gasteiger partial charge in [0.2, 0.25) is 5.91 Å². The number of amides is 1. The topological polar surface area (TPSA) is 73.9 Å². The molecule has 30 heavy (non-hydrogen) atoms. The summed E-state index contributed by atoms with van der Waals surface area (Å²) >= 11 is 0. The summed E-state index contributed by atoms with van der Waals surface area (Å²) in [4.78, 5) is 25.7. The minimum Gasteiger partial charge on any atom is -0.493 e. The average molecular weight is 407 g/mol. The van der Waals surface area contributed by atoms with Crippen molar-refractivity contribution in [1.29, 1.82) is 0 Å². The molecule has 1 heterocycles. The number of benzene rings is 2. The van der Waals surface area contributed by atoms with E-state index in [-0.39, 0.29) is 29.4 Å². The zero-order chi connectivity index (χ0) is 20.9. The third-order valence-electron chi connectivity index (χ3n) is 6.88. The molecule has 6 heteroatoms. The summed E-state index contributed by atoms with van der Waals surface area (Å²) in [5.41, 5.74) is 0.980. The van der Waals surface area contributed by atoms with Gasteiger partial charge in [-0.1, -0.05) is 24.3 Å². The maximum absolute atomic E-state index is 13.0. The van der Waals surface area contributed by atoms with Gasteiger partial charge in [0.1, 0.15) is 11.4 Å². The summed E-state index contributed by atoms with van der Waals surface area (Å²) in [5, 5.41) is 3.05. The number of ether oxygens (including phenoxy) is 3. The second kappa shape index (κ2) is 7.04. The average Bonchev–Trinajstić information content (AvgIpc) is 3.42. The van der Waals surface area contributed by atoms with Gasteiger partial charge in [-0.05, 0) is 37.0 Å². The van der Waals surface area contributed by atoms with E-state index in [2.05, 4.69) is 5.32 Å². The normalized spacial score (nSPS) is 28.3. The molecule has 2 aliphatic carbocycles. The van der Waals surface area contributed by atoms with Crippen LogP contribution in [0.2, 0.25) is 0 Å². The molecule has 2 aromatic carbocycles. The first-order valence-electron chi connectivity index (χ1n) is 10.4. The fraction of sp³-hybridized carbons (Fsp3) is 0.417. The van der Waals surface area contributed by atoms with Crippen LogP contribution in [0.3, 0.4) is 0 Å². The Morgan fingerprint density at radius 3 is 2.80 bits per heavy atom. The highest BCUT2D eigenvalue weighted by molar-refractivity contribution is 6.00. The monoisotopic (exact) mass is 407 g/mol. The summed E-state index contributed by atoms with van der Waals surface area (Å²) in [6, 6.07) is 13.0. The van der Waals surface area contributed by atoms with E-state index in [0.717, 1.165) is 18.4 Å². The number of Topliss-reactive ketones (excluding diaryl/α,β-unsaturated/α-hetero) is 1. The number of carbonyl (C=O) groups is 2. The predicted octanol–water partition coefficient (Wildman–Crippen LogP) is 3.38. The Bertz CT molecular complexity index is 1020. The fourth-order valence-corrected chi connectivity index (χ4v) is 5.51. The summed E-state index contributed by atoms with van der Waals surface area (Å²) in [7, 11) is 3.18. The Hall–Kier alpha value is -3.02. The second-order valence-corrected chi connectivity index (χ2v) is 8.39. The number of methoxy groups -OCH3 is 2. The first-order chi connectivity index (χ1) is 14.6. The van der Waals surface area contributed by atoms with Crippen molar-refractivity contribution >= 4 is 11.7 Å². The zero-order valence-corrected chi connectivity index (χ0v) is 17.1. The third kappa shape index (κ3) is 2.85. The lowest BCUT2D eigenvalue weighted by Crippen LogP contribution is -2.44. The molecule has 0 bridgehead atoms. The van der Waals surface area contributed by atoms with E-state index in [1.54, 1.807) is 14.2 Å². The Morgan fingerprint density at radius 1 is 1.17 bits per heavy atom. The van der Waals surface area contributed by atoms with Crippen molar-refractivity contribution < 1.29 is 23.8 Å². The predicted molar refractivity (Wildman–Crippen MR) is 110 cm³/mol. The van der Waals surface area contributed by atoms with E-state index in [4.69, 9.17) is 14.2 Å². The van der Waals surface area contributed by atoms with Gasteiger partial charge in [0.25, 0.3) is 0 Å². The summed E-state index contributed by atoms with van der Waals surface area (Å²) < 4.78 is 17.2. The number of para-hydroxylation sites is 2. The van der Waals surface area contributed by atoms with Crippen LogP contribution in [-0.4, -0.2) is 31.5 Å². The van der Waals surface area contributed by atoms with Gasteiger partial charge in [-0.3, -0.25) is 9.59 Å². The van der Waals surface area contributed by atoms with E-state index < -0.39 is 5.60 Å². The molecule has 0 aromatic heterocycles. The molecule has 3 aliphatic rings. The van der Waals surface area contributed by atoms with Gasteiger partial charge in [-0.15, -0.1) is 0 Å². The van der Waals surface area contributed by atoms with E-state index >= 15 is 0 Å². The maximum Gasteiger partial charge on any atom is 0.224 e. The van der Waals surface area contributed by atoms with E-state index in [1.807, 2.05) is 42.5 Å². The van der Waals surface area contributed by atoms with Crippen molar-refractivity contribution in [3.8, 4) is 17.2 Å². The molecule has 4 atom stereocenters. The van der Waals surface area contributed by atoms with E-state index in [0.29, 0.717) is 35.8 Å². The number of hydrogen-bond donors (Lipinski definition) is 1. The summed E-state index contributed by atoms with van der Waals surface area (Å²) in [5.74, 6) is 2.34. The Kier molecular flexibility index (Phi) is 4.45. The highest BCUT2D eigenvalue weighted by Crippen LogP contribution is 2.65. The molecule has 1 spiro atoms. The summed E-state index contributed by atoms with van der Waals surface area (Å²) in [6.45, 7) is 0.366. The Balaban J connectivity index is 1.29. The number of nitrogens with one attached hydrogen (secondary N) is 1. The van der Waals surface area contributed by atoms with Crippen LogP contribution in [0, 0.1) is 17.8 Å². The number of fused-ring (bicyclic) bond motifs is 3. The Labute approximate surface area is 175 Å². The quantitative estimate of drug-likeness (QED) is 0.823. The van der Waals surface area contributed by atoms with Gasteiger partial charge in [0, 0.05) is 23.9 Å². The van der Waals surface area contributed by atoms with Gasteiger partial charge < -0.3 is 19.5 Å². The molecule has 1 N–H and O–H groups in total. The van der Waals surface area contributed by atoms with Crippen molar-refractivity contribution in [2.45, 2.75) is 31.4 Å². The van der Waals surface area contributed by atoms with Crippen LogP contribution < -0.4 is 19.5 Å². The van der Waals surface area contributed by atoms with E-state index in [1.165, 1.54) is 0 Å². The lowest BCUT2D eigenvalue weighted by Gasteiger charge is -2.37. The number of ketones is 1. The zero-order valence-electron chi connectivity index (χ0n) is 17.1. The molecular weight excluding hydrogens is 382 g/mol. The second-order valence-electron chi connectivity index (χ2n) is 8.39. The molecule has 0 radical (unpaired) electrons. The van der Waals surface area contributed by atoms with Crippen molar-refractivity contribution in [1.82, 2.24) is 5.32 Å². The van der Waals surface area contributed by atoms with Gasteiger partial charge >= 0.3 is 0 Å². The minimum absolute atomic E-state index is 0.0175. The van der Waals surface area contributed by atoms with Gasteiger partial charge in [0.15, 0.2) is 17.3 Å². The standard InChI is InChI=1S/C24H25NO5/c1-28-19-9-5-6-14(22(19)29-2)13-25-23(27)20-16-10-11-24(21(16)20)12-17(26)15-7-3-4-8-18(15)30-24/h3-9,16,20-21H,10-13H2,1-2H3,(H,25,27)/t16-,20+,21+,24+/m0/s1. The van der Waals surface area contributed by atoms with Gasteiger partial charge in [-0.2, -0.15) is 0 Å². The van der Waals surface area contributed by atoms with Gasteiger partial charge in [-0.25, -0.2) is 0 Å². The molecule has 1 aliphatic heterocycles. The fourth-order valence-electron chi connectivity index (χ4n) is 5.51. The number of rotatable bonds is 5. The lowest BCUT2D eigenvalue weighted by molar-refractivity contribution is -0.124. The number of carbonyl (C=O) groups excluding carboxylic acids is 2. The lowest BCUT2D eigenvalue weighted by atomic mass is 9.84. The third-order valence-corrected chi connectivity index (χ3v) is 6.88. The molecule has 6 nitrogen and oxygen atoms in total. The highest BCUT2D eigenvalue weighted by atomic mass is 16.5. The highest BCUT2D eigenvalue weighted by Gasteiger charge is 2.70. The minimum atomic E-state index is -0.536. The molecular formula is C24H25NO5. The molecule has 2 fully saturated rings. The van der Waals surface area contributed by atoms with Crippen molar-refractivity contribution in [2.24, 2.45) is 17.8 Å². The molecule has 2 aromatic rings. The van der Waals surface area contributed by atoms with Crippen molar-refractivity contribution in [2.75, 3.05) is 14.2 Å². The van der Waals surface area contributed by atoms with Crippen LogP contribution in [0.1, 0.15) is 35.2 Å². The summed E-state index contributed by atoms with van der Waals surface area (Å²) in [6.07, 6.45) is 2.11. The van der Waals surface area contributed by atoms with Crippen LogP contribution in [0.4, 0.5) is 0 Å². The molecule has 2 saturated carbocycles. The van der Waals surface area contributed by atoms with Crippen LogP contribution in [0.15, 0.2) is 42.5 Å². The maximum atomic E-state index is 13.0.